The minimum absolute atomic E-state index is 0.0297. The maximum Gasteiger partial charge on any atom is 0.335 e. The van der Waals surface area contributed by atoms with Crippen LogP contribution in [0.1, 0.15) is 36.0 Å². The van der Waals surface area contributed by atoms with Gasteiger partial charge in [0.15, 0.2) is 0 Å². The first kappa shape index (κ1) is 13.5. The summed E-state index contributed by atoms with van der Waals surface area (Å²) in [7, 11) is 0. The van der Waals surface area contributed by atoms with E-state index in [2.05, 4.69) is 5.32 Å². The Bertz CT molecular complexity index is 527. The molecule has 1 fully saturated rings. The number of carboxylic acid groups (broad SMARTS) is 1. The number of rotatable bonds is 4. The van der Waals surface area contributed by atoms with E-state index in [0.29, 0.717) is 0 Å². The molecule has 0 atom stereocenters. The molecule has 1 saturated carbocycles. The number of aromatic carboxylic acids is 1. The Hall–Kier alpha value is -1.95. The molecule has 1 amide bonds. The van der Waals surface area contributed by atoms with Crippen molar-refractivity contribution in [3.63, 3.8) is 0 Å². The number of anilines is 1. The number of nitrogens with two attached hydrogens (primary N) is 1. The lowest BCUT2D eigenvalue weighted by Crippen LogP contribution is -2.48. The highest BCUT2D eigenvalue weighted by molar-refractivity contribution is 5.93. The van der Waals surface area contributed by atoms with Crippen molar-refractivity contribution in [2.45, 2.75) is 31.2 Å². The Labute approximate surface area is 109 Å². The summed E-state index contributed by atoms with van der Waals surface area (Å²) >= 11 is 0. The Balaban J connectivity index is 2.02. The summed E-state index contributed by atoms with van der Waals surface area (Å²) < 4.78 is 13.6. The van der Waals surface area contributed by atoms with Crippen LogP contribution in [0, 0.1) is 5.82 Å². The van der Waals surface area contributed by atoms with Gasteiger partial charge in [-0.1, -0.05) is 0 Å². The summed E-state index contributed by atoms with van der Waals surface area (Å²) in [5, 5.41) is 11.1. The first-order chi connectivity index (χ1) is 8.89. The van der Waals surface area contributed by atoms with Crippen LogP contribution < -0.4 is 11.1 Å². The van der Waals surface area contributed by atoms with E-state index in [1.54, 1.807) is 0 Å². The molecule has 5 nitrogen and oxygen atoms in total. The van der Waals surface area contributed by atoms with Gasteiger partial charge in [0, 0.05) is 12.0 Å². The van der Waals surface area contributed by atoms with Crippen molar-refractivity contribution in [2.24, 2.45) is 5.73 Å². The highest BCUT2D eigenvalue weighted by Gasteiger charge is 2.34. The van der Waals surface area contributed by atoms with Gasteiger partial charge in [-0.25, -0.2) is 9.18 Å². The molecule has 0 saturated heterocycles. The largest absolute Gasteiger partial charge is 0.478 e. The Morgan fingerprint density at radius 2 is 2.11 bits per heavy atom. The van der Waals surface area contributed by atoms with E-state index in [-0.39, 0.29) is 23.6 Å². The average Bonchev–Trinajstić information content (AvgIpc) is 2.29. The van der Waals surface area contributed by atoms with Crippen LogP contribution in [0.2, 0.25) is 0 Å². The number of hydrogen-bond acceptors (Lipinski definition) is 3. The zero-order valence-electron chi connectivity index (χ0n) is 10.3. The van der Waals surface area contributed by atoms with E-state index in [9.17, 15) is 14.0 Å². The lowest BCUT2D eigenvalue weighted by Gasteiger charge is -2.37. The average molecular weight is 266 g/mol. The van der Waals surface area contributed by atoms with Crippen molar-refractivity contribution >= 4 is 17.6 Å². The Kier molecular flexibility index (Phi) is 3.53. The molecule has 1 aliphatic rings. The van der Waals surface area contributed by atoms with Crippen molar-refractivity contribution < 1.29 is 19.1 Å². The molecule has 6 heteroatoms. The number of nitrogens with one attached hydrogen (secondary N) is 1. The van der Waals surface area contributed by atoms with Crippen LogP contribution in [0.3, 0.4) is 0 Å². The van der Waals surface area contributed by atoms with E-state index in [0.717, 1.165) is 25.3 Å². The van der Waals surface area contributed by atoms with E-state index in [1.807, 2.05) is 0 Å². The molecule has 1 aromatic carbocycles. The molecule has 0 unspecified atom stereocenters. The molecule has 0 bridgehead atoms. The number of benzene rings is 1. The number of carboxylic acids is 1. The van der Waals surface area contributed by atoms with Crippen LogP contribution in [0.25, 0.3) is 0 Å². The maximum absolute atomic E-state index is 13.6. The third-order valence-corrected chi connectivity index (χ3v) is 3.35. The third-order valence-electron chi connectivity index (χ3n) is 3.35. The first-order valence-electron chi connectivity index (χ1n) is 6.01. The van der Waals surface area contributed by atoms with Gasteiger partial charge in [0.25, 0.3) is 0 Å². The van der Waals surface area contributed by atoms with E-state index >= 15 is 0 Å². The standard InChI is InChI=1S/C13H15FN2O3/c14-9-6-8(12(18)19)2-3-10(9)16-11(17)7-13(15)4-1-5-13/h2-3,6H,1,4-5,7,15H2,(H,16,17)(H,18,19). The number of halogens is 1. The summed E-state index contributed by atoms with van der Waals surface area (Å²) in [6, 6.07) is 3.35. The normalized spacial score (nSPS) is 16.5. The quantitative estimate of drug-likeness (QED) is 0.773. The zero-order chi connectivity index (χ0) is 14.0. The molecule has 0 aliphatic heterocycles. The van der Waals surface area contributed by atoms with E-state index in [4.69, 9.17) is 10.8 Å². The first-order valence-corrected chi connectivity index (χ1v) is 6.01. The highest BCUT2D eigenvalue weighted by Crippen LogP contribution is 2.32. The molecule has 0 spiro atoms. The Morgan fingerprint density at radius 1 is 1.42 bits per heavy atom. The Morgan fingerprint density at radius 3 is 2.58 bits per heavy atom. The minimum atomic E-state index is -1.22. The summed E-state index contributed by atoms with van der Waals surface area (Å²) in [4.78, 5) is 22.4. The molecule has 1 aromatic rings. The molecule has 102 valence electrons. The van der Waals surface area contributed by atoms with E-state index in [1.165, 1.54) is 12.1 Å². The topological polar surface area (TPSA) is 92.4 Å². The molecular weight excluding hydrogens is 251 g/mol. The number of carbonyl (C=O) groups excluding carboxylic acids is 1. The van der Waals surface area contributed by atoms with Crippen LogP contribution in [-0.2, 0) is 4.79 Å². The van der Waals surface area contributed by atoms with Gasteiger partial charge >= 0.3 is 5.97 Å². The smallest absolute Gasteiger partial charge is 0.335 e. The predicted octanol–water partition coefficient (Wildman–Crippen LogP) is 1.73. The second-order valence-corrected chi connectivity index (χ2v) is 4.94. The molecule has 0 heterocycles. The van der Waals surface area contributed by atoms with Crippen molar-refractivity contribution in [3.05, 3.63) is 29.6 Å². The van der Waals surface area contributed by atoms with Crippen LogP contribution >= 0.6 is 0 Å². The third kappa shape index (κ3) is 3.08. The maximum atomic E-state index is 13.6. The number of amides is 1. The predicted molar refractivity (Wildman–Crippen MR) is 67.4 cm³/mol. The molecule has 0 aromatic heterocycles. The van der Waals surface area contributed by atoms with Crippen LogP contribution in [-0.4, -0.2) is 22.5 Å². The van der Waals surface area contributed by atoms with E-state index < -0.39 is 17.3 Å². The van der Waals surface area contributed by atoms with Crippen LogP contribution in [0.4, 0.5) is 10.1 Å². The van der Waals surface area contributed by atoms with Gasteiger partial charge in [-0.2, -0.15) is 0 Å². The lowest BCUT2D eigenvalue weighted by molar-refractivity contribution is -0.118. The molecule has 4 N–H and O–H groups in total. The summed E-state index contributed by atoms with van der Waals surface area (Å²) in [5.41, 5.74) is 5.26. The fourth-order valence-corrected chi connectivity index (χ4v) is 2.07. The molecule has 2 rings (SSSR count). The number of hydrogen-bond donors (Lipinski definition) is 3. The van der Waals surface area contributed by atoms with Crippen molar-refractivity contribution in [3.8, 4) is 0 Å². The molecule has 19 heavy (non-hydrogen) atoms. The van der Waals surface area contributed by atoms with Gasteiger partial charge in [-0.3, -0.25) is 4.79 Å². The van der Waals surface area contributed by atoms with Crippen LogP contribution in [0.5, 0.6) is 0 Å². The summed E-state index contributed by atoms with van der Waals surface area (Å²) in [5.74, 6) is -2.34. The van der Waals surface area contributed by atoms with Gasteiger partial charge < -0.3 is 16.2 Å². The molecule has 1 aliphatic carbocycles. The van der Waals surface area contributed by atoms with Gasteiger partial charge in [0.1, 0.15) is 5.82 Å². The summed E-state index contributed by atoms with van der Waals surface area (Å²) in [6.07, 6.45) is 2.74. The summed E-state index contributed by atoms with van der Waals surface area (Å²) in [6.45, 7) is 0. The monoisotopic (exact) mass is 266 g/mol. The van der Waals surface area contributed by atoms with Gasteiger partial charge in [-0.05, 0) is 37.5 Å². The van der Waals surface area contributed by atoms with Gasteiger partial charge in [-0.15, -0.1) is 0 Å². The second-order valence-electron chi connectivity index (χ2n) is 4.94. The fraction of sp³-hybridized carbons (Fsp3) is 0.385. The SMILES string of the molecule is NC1(CC(=O)Nc2ccc(C(=O)O)cc2F)CCC1. The second kappa shape index (κ2) is 4.97. The van der Waals surface area contributed by atoms with Gasteiger partial charge in [0.05, 0.1) is 11.3 Å². The molecular formula is C13H15FN2O3. The zero-order valence-corrected chi connectivity index (χ0v) is 10.3. The minimum Gasteiger partial charge on any atom is -0.478 e. The van der Waals surface area contributed by atoms with Crippen molar-refractivity contribution in [1.29, 1.82) is 0 Å². The van der Waals surface area contributed by atoms with Gasteiger partial charge in [0.2, 0.25) is 5.91 Å². The van der Waals surface area contributed by atoms with Crippen LogP contribution in [0.15, 0.2) is 18.2 Å². The van der Waals surface area contributed by atoms with Crippen molar-refractivity contribution in [2.75, 3.05) is 5.32 Å². The lowest BCUT2D eigenvalue weighted by atomic mass is 9.75. The van der Waals surface area contributed by atoms with Crippen molar-refractivity contribution in [1.82, 2.24) is 0 Å². The number of carbonyl (C=O) groups is 2. The fourth-order valence-electron chi connectivity index (χ4n) is 2.07. The molecule has 0 radical (unpaired) electrons. The highest BCUT2D eigenvalue weighted by atomic mass is 19.1.